The summed E-state index contributed by atoms with van der Waals surface area (Å²) in [6, 6.07) is 12.3. The van der Waals surface area contributed by atoms with Crippen LogP contribution in [0.2, 0.25) is 0 Å². The topological polar surface area (TPSA) is 68.8 Å². The second-order valence-corrected chi connectivity index (χ2v) is 7.58. The van der Waals surface area contributed by atoms with E-state index in [1.165, 1.54) is 5.56 Å². The summed E-state index contributed by atoms with van der Waals surface area (Å²) in [6.07, 6.45) is 3.71. The molecule has 1 amide bonds. The van der Waals surface area contributed by atoms with Crippen LogP contribution in [0.3, 0.4) is 0 Å². The predicted octanol–water partition coefficient (Wildman–Crippen LogP) is 3.59. The molecule has 0 unspecified atom stereocenters. The van der Waals surface area contributed by atoms with Crippen LogP contribution in [-0.2, 0) is 24.4 Å². The molecule has 7 nitrogen and oxygen atoms in total. The van der Waals surface area contributed by atoms with E-state index in [0.717, 1.165) is 40.1 Å². The monoisotopic (exact) mass is 402 g/mol. The first kappa shape index (κ1) is 19.8. The minimum absolute atomic E-state index is 0.0341. The van der Waals surface area contributed by atoms with E-state index >= 15 is 0 Å². The summed E-state index contributed by atoms with van der Waals surface area (Å²) in [5, 5.41) is 10.1. The van der Waals surface area contributed by atoms with Crippen LogP contribution in [0.4, 0.5) is 0 Å². The fourth-order valence-electron chi connectivity index (χ4n) is 3.69. The number of nitrogens with zero attached hydrogens (tertiary/aromatic N) is 6. The van der Waals surface area contributed by atoms with Gasteiger partial charge in [-0.1, -0.05) is 29.8 Å². The molecule has 0 aliphatic heterocycles. The van der Waals surface area contributed by atoms with Gasteiger partial charge in [0.25, 0.3) is 0 Å². The second kappa shape index (κ2) is 8.10. The lowest BCUT2D eigenvalue weighted by atomic mass is 10.0. The van der Waals surface area contributed by atoms with Gasteiger partial charge in [0, 0.05) is 31.4 Å². The molecule has 7 heteroatoms. The van der Waals surface area contributed by atoms with E-state index in [-0.39, 0.29) is 12.5 Å². The summed E-state index contributed by atoms with van der Waals surface area (Å²) in [5.74, 6) is -0.0341. The fourth-order valence-corrected chi connectivity index (χ4v) is 3.69. The molecule has 3 heterocycles. The number of benzene rings is 1. The Hall–Kier alpha value is -3.48. The Morgan fingerprint density at radius 1 is 1.13 bits per heavy atom. The molecule has 1 aromatic carbocycles. The number of rotatable bonds is 6. The number of carbonyl (C=O) groups is 1. The molecule has 0 radical (unpaired) electrons. The first-order valence-corrected chi connectivity index (χ1v) is 10.1. The van der Waals surface area contributed by atoms with Crippen molar-refractivity contribution in [3.8, 4) is 11.1 Å². The number of aryl methyl sites for hydroxylation is 3. The van der Waals surface area contributed by atoms with Crippen molar-refractivity contribution in [1.82, 2.24) is 29.4 Å². The summed E-state index contributed by atoms with van der Waals surface area (Å²) in [5.41, 5.74) is 5.87. The van der Waals surface area contributed by atoms with Gasteiger partial charge in [0.2, 0.25) is 5.91 Å². The highest BCUT2D eigenvalue weighted by atomic mass is 16.2. The maximum absolute atomic E-state index is 12.8. The van der Waals surface area contributed by atoms with Gasteiger partial charge >= 0.3 is 0 Å². The summed E-state index contributed by atoms with van der Waals surface area (Å²) < 4.78 is 3.56. The van der Waals surface area contributed by atoms with Crippen molar-refractivity contribution in [2.24, 2.45) is 0 Å². The highest BCUT2D eigenvalue weighted by molar-refractivity contribution is 5.95. The lowest BCUT2D eigenvalue weighted by molar-refractivity contribution is -0.131. The number of pyridine rings is 1. The van der Waals surface area contributed by atoms with Gasteiger partial charge in [0.05, 0.1) is 17.9 Å². The average Bonchev–Trinajstić information content (AvgIpc) is 3.32. The van der Waals surface area contributed by atoms with Gasteiger partial charge in [-0.25, -0.2) is 9.67 Å². The molecular weight excluding hydrogens is 376 g/mol. The molecule has 4 rings (SSSR count). The number of amides is 1. The molecule has 0 aliphatic rings. The van der Waals surface area contributed by atoms with Crippen LogP contribution in [0, 0.1) is 13.8 Å². The molecule has 3 aromatic heterocycles. The highest BCUT2D eigenvalue weighted by Crippen LogP contribution is 2.30. The summed E-state index contributed by atoms with van der Waals surface area (Å²) >= 11 is 0. The number of hydrogen-bond donors (Lipinski definition) is 0. The molecule has 0 fully saturated rings. The molecule has 0 aliphatic carbocycles. The van der Waals surface area contributed by atoms with Crippen molar-refractivity contribution < 1.29 is 4.79 Å². The van der Waals surface area contributed by atoms with Gasteiger partial charge in [-0.15, -0.1) is 0 Å². The van der Waals surface area contributed by atoms with Gasteiger partial charge in [0.15, 0.2) is 5.65 Å². The van der Waals surface area contributed by atoms with E-state index in [1.807, 2.05) is 36.9 Å². The lowest BCUT2D eigenvalue weighted by Gasteiger charge is -2.16. The molecule has 0 atom stereocenters. The van der Waals surface area contributed by atoms with Gasteiger partial charge in [0.1, 0.15) is 6.54 Å². The predicted molar refractivity (Wildman–Crippen MR) is 117 cm³/mol. The Balaban J connectivity index is 1.60. The van der Waals surface area contributed by atoms with E-state index in [2.05, 4.69) is 46.4 Å². The first-order chi connectivity index (χ1) is 14.5. The normalized spacial score (nSPS) is 11.2. The lowest BCUT2D eigenvalue weighted by Crippen LogP contribution is -2.30. The van der Waals surface area contributed by atoms with Gasteiger partial charge in [-0.2, -0.15) is 10.2 Å². The molecule has 154 valence electrons. The third kappa shape index (κ3) is 3.83. The van der Waals surface area contributed by atoms with Crippen molar-refractivity contribution in [2.45, 2.75) is 40.4 Å². The van der Waals surface area contributed by atoms with Crippen molar-refractivity contribution in [1.29, 1.82) is 0 Å². The van der Waals surface area contributed by atoms with E-state index in [9.17, 15) is 4.79 Å². The molecule has 30 heavy (non-hydrogen) atoms. The largest absolute Gasteiger partial charge is 0.338 e. The SMILES string of the molecule is CCn1ccc(CN(C)C(=O)Cn2nc(C)c3c(-c4cccc(C)c4)ccnc32)n1. The van der Waals surface area contributed by atoms with Crippen molar-refractivity contribution >= 4 is 16.9 Å². The quantitative estimate of drug-likeness (QED) is 0.494. The van der Waals surface area contributed by atoms with Crippen LogP contribution in [0.1, 0.15) is 23.9 Å². The fraction of sp³-hybridized carbons (Fsp3) is 0.304. The molecule has 0 spiro atoms. The maximum Gasteiger partial charge on any atom is 0.244 e. The van der Waals surface area contributed by atoms with E-state index in [4.69, 9.17) is 0 Å². The summed E-state index contributed by atoms with van der Waals surface area (Å²) in [4.78, 5) is 19.1. The Bertz CT molecular complexity index is 1210. The minimum Gasteiger partial charge on any atom is -0.338 e. The van der Waals surface area contributed by atoms with Crippen molar-refractivity contribution in [2.75, 3.05) is 7.05 Å². The van der Waals surface area contributed by atoms with Crippen LogP contribution >= 0.6 is 0 Å². The van der Waals surface area contributed by atoms with E-state index in [1.54, 1.807) is 22.8 Å². The van der Waals surface area contributed by atoms with E-state index in [0.29, 0.717) is 6.54 Å². The number of fused-ring (bicyclic) bond motifs is 1. The van der Waals surface area contributed by atoms with Crippen LogP contribution in [-0.4, -0.2) is 42.4 Å². The van der Waals surface area contributed by atoms with Crippen LogP contribution in [0.25, 0.3) is 22.2 Å². The zero-order chi connectivity index (χ0) is 21.3. The third-order valence-corrected chi connectivity index (χ3v) is 5.27. The minimum atomic E-state index is -0.0341. The molecule has 0 bridgehead atoms. The third-order valence-electron chi connectivity index (χ3n) is 5.27. The smallest absolute Gasteiger partial charge is 0.244 e. The number of carbonyl (C=O) groups excluding carboxylic acids is 1. The van der Waals surface area contributed by atoms with Crippen molar-refractivity contribution in [3.05, 3.63) is 65.7 Å². The van der Waals surface area contributed by atoms with Crippen LogP contribution in [0.15, 0.2) is 48.8 Å². The van der Waals surface area contributed by atoms with Gasteiger partial charge in [-0.3, -0.25) is 9.48 Å². The number of hydrogen-bond acceptors (Lipinski definition) is 4. The second-order valence-electron chi connectivity index (χ2n) is 7.58. The Morgan fingerprint density at radius 2 is 1.97 bits per heavy atom. The van der Waals surface area contributed by atoms with E-state index < -0.39 is 0 Å². The Labute approximate surface area is 176 Å². The molecular formula is C23H26N6O. The maximum atomic E-state index is 12.8. The van der Waals surface area contributed by atoms with Crippen LogP contribution < -0.4 is 0 Å². The summed E-state index contributed by atoms with van der Waals surface area (Å²) in [6.45, 7) is 7.49. The standard InChI is InChI=1S/C23H26N6O/c1-5-28-12-10-19(26-28)14-27(4)21(30)15-29-23-22(17(3)25-29)20(9-11-24-23)18-8-6-7-16(2)13-18/h6-13H,5,14-15H2,1-4H3. The zero-order valence-corrected chi connectivity index (χ0v) is 17.8. The van der Waals surface area contributed by atoms with Crippen LogP contribution in [0.5, 0.6) is 0 Å². The number of aromatic nitrogens is 5. The Morgan fingerprint density at radius 3 is 2.70 bits per heavy atom. The molecule has 0 saturated carbocycles. The average molecular weight is 403 g/mol. The first-order valence-electron chi connectivity index (χ1n) is 10.1. The molecule has 0 N–H and O–H groups in total. The molecule has 4 aromatic rings. The van der Waals surface area contributed by atoms with Gasteiger partial charge in [-0.05, 0) is 44.0 Å². The van der Waals surface area contributed by atoms with Gasteiger partial charge < -0.3 is 4.90 Å². The highest BCUT2D eigenvalue weighted by Gasteiger charge is 2.18. The molecule has 0 saturated heterocycles. The number of likely N-dealkylation sites (N-methyl/N-ethyl adjacent to an activating group) is 1. The van der Waals surface area contributed by atoms with Crippen molar-refractivity contribution in [3.63, 3.8) is 0 Å². The Kier molecular flexibility index (Phi) is 5.35. The summed E-state index contributed by atoms with van der Waals surface area (Å²) in [7, 11) is 1.79. The zero-order valence-electron chi connectivity index (χ0n) is 17.8.